The van der Waals surface area contributed by atoms with Gasteiger partial charge in [0.25, 0.3) is 0 Å². The molecule has 1 unspecified atom stereocenters. The van der Waals surface area contributed by atoms with Gasteiger partial charge in [0.05, 0.1) is 22.3 Å². The van der Waals surface area contributed by atoms with E-state index >= 15 is 0 Å². The Hall–Kier alpha value is -2.32. The van der Waals surface area contributed by atoms with Crippen molar-refractivity contribution in [2.75, 3.05) is 18.4 Å². The number of nitrogens with one attached hydrogen (secondary N) is 1. The minimum absolute atomic E-state index is 0.00161. The van der Waals surface area contributed by atoms with Crippen molar-refractivity contribution in [2.24, 2.45) is 0 Å². The van der Waals surface area contributed by atoms with E-state index in [0.29, 0.717) is 11.2 Å². The van der Waals surface area contributed by atoms with Gasteiger partial charge in [-0.3, -0.25) is 9.69 Å². The minimum atomic E-state index is -0.177. The summed E-state index contributed by atoms with van der Waals surface area (Å²) in [5.74, 6) is -0.00161. The smallest absolute Gasteiger partial charge is 0.243 e. The number of hydrogen-bond donors (Lipinski definition) is 1. The largest absolute Gasteiger partial charge is 0.301 e. The van der Waals surface area contributed by atoms with Crippen molar-refractivity contribution in [1.82, 2.24) is 24.6 Å². The molecule has 8 heteroatoms. The summed E-state index contributed by atoms with van der Waals surface area (Å²) in [6, 6.07) is 8.10. The number of aromatic nitrogens is 4. The molecule has 1 atom stereocenters. The Balaban J connectivity index is 1.36. The maximum atomic E-state index is 12.6. The summed E-state index contributed by atoms with van der Waals surface area (Å²) in [5.41, 5.74) is 0.920. The number of benzene rings is 1. The molecule has 7 nitrogen and oxygen atoms in total. The van der Waals surface area contributed by atoms with Gasteiger partial charge in [0.1, 0.15) is 12.7 Å². The van der Waals surface area contributed by atoms with Crippen LogP contribution in [0.4, 0.5) is 5.13 Å². The lowest BCUT2D eigenvalue weighted by Gasteiger charge is -2.35. The second kappa shape index (κ2) is 6.89. The number of carbonyl (C=O) groups excluding carboxylic acids is 1. The third kappa shape index (κ3) is 3.40. The number of piperidine rings is 1. The molecule has 25 heavy (non-hydrogen) atoms. The number of fused-ring (bicyclic) bond motifs is 1. The lowest BCUT2D eigenvalue weighted by molar-refractivity contribution is -0.121. The van der Waals surface area contributed by atoms with Crippen molar-refractivity contribution < 1.29 is 4.79 Å². The summed E-state index contributed by atoms with van der Waals surface area (Å²) in [6.45, 7) is 3.70. The number of amides is 1. The van der Waals surface area contributed by atoms with Gasteiger partial charge in [0.15, 0.2) is 5.13 Å². The zero-order valence-corrected chi connectivity index (χ0v) is 14.8. The van der Waals surface area contributed by atoms with Crippen LogP contribution in [0.3, 0.4) is 0 Å². The number of para-hydroxylation sites is 1. The highest BCUT2D eigenvalue weighted by Crippen LogP contribution is 2.26. The van der Waals surface area contributed by atoms with Gasteiger partial charge in [-0.25, -0.2) is 14.6 Å². The zero-order chi connectivity index (χ0) is 17.2. The third-order valence-corrected chi connectivity index (χ3v) is 5.71. The second-order valence-corrected chi connectivity index (χ2v) is 7.33. The number of anilines is 1. The van der Waals surface area contributed by atoms with Crippen molar-refractivity contribution in [3.8, 4) is 0 Å². The lowest BCUT2D eigenvalue weighted by Crippen LogP contribution is -2.46. The van der Waals surface area contributed by atoms with Crippen LogP contribution >= 0.6 is 11.3 Å². The molecule has 1 aliphatic heterocycles. The molecule has 0 bridgehead atoms. The van der Waals surface area contributed by atoms with Crippen LogP contribution in [0.25, 0.3) is 10.2 Å². The van der Waals surface area contributed by atoms with Crippen LogP contribution in [0.5, 0.6) is 0 Å². The van der Waals surface area contributed by atoms with Gasteiger partial charge < -0.3 is 5.32 Å². The van der Waals surface area contributed by atoms with E-state index in [1.807, 2.05) is 35.9 Å². The van der Waals surface area contributed by atoms with Crippen LogP contribution in [0, 0.1) is 0 Å². The first-order valence-corrected chi connectivity index (χ1v) is 9.27. The number of carbonyl (C=O) groups is 1. The molecular weight excluding hydrogens is 336 g/mol. The van der Waals surface area contributed by atoms with Crippen molar-refractivity contribution in [3.05, 3.63) is 36.9 Å². The van der Waals surface area contributed by atoms with E-state index < -0.39 is 0 Å². The number of rotatable bonds is 4. The fourth-order valence-electron chi connectivity index (χ4n) is 3.24. The van der Waals surface area contributed by atoms with Gasteiger partial charge in [-0.05, 0) is 31.9 Å². The first-order chi connectivity index (χ1) is 12.2. The van der Waals surface area contributed by atoms with E-state index in [4.69, 9.17) is 0 Å². The molecule has 1 saturated heterocycles. The predicted octanol–water partition coefficient (Wildman–Crippen LogP) is 2.55. The normalized spacial score (nSPS) is 17.6. The van der Waals surface area contributed by atoms with Crippen LogP contribution < -0.4 is 5.32 Å². The predicted molar refractivity (Wildman–Crippen MR) is 97.6 cm³/mol. The van der Waals surface area contributed by atoms with Crippen LogP contribution in [-0.2, 0) is 4.79 Å². The molecule has 1 N–H and O–H groups in total. The maximum absolute atomic E-state index is 12.6. The van der Waals surface area contributed by atoms with Gasteiger partial charge in [-0.1, -0.05) is 23.5 Å². The SMILES string of the molecule is CC(C(=O)Nc1nc2ccccc2s1)N1CCC(n2cncn2)CC1. The van der Waals surface area contributed by atoms with E-state index in [1.165, 1.54) is 11.3 Å². The topological polar surface area (TPSA) is 75.9 Å². The average molecular weight is 356 g/mol. The molecule has 3 aromatic rings. The van der Waals surface area contributed by atoms with E-state index in [9.17, 15) is 4.79 Å². The fourth-order valence-corrected chi connectivity index (χ4v) is 4.11. The number of nitrogens with zero attached hydrogens (tertiary/aromatic N) is 5. The Morgan fingerprint density at radius 2 is 2.12 bits per heavy atom. The monoisotopic (exact) mass is 356 g/mol. The summed E-state index contributed by atoms with van der Waals surface area (Å²) in [5, 5.41) is 7.85. The summed E-state index contributed by atoms with van der Waals surface area (Å²) < 4.78 is 3.00. The Labute approximate surface area is 149 Å². The Morgan fingerprint density at radius 1 is 1.32 bits per heavy atom. The van der Waals surface area contributed by atoms with Crippen LogP contribution in [0.1, 0.15) is 25.8 Å². The van der Waals surface area contributed by atoms with Crippen LogP contribution in [-0.4, -0.2) is 49.7 Å². The summed E-state index contributed by atoms with van der Waals surface area (Å²) in [4.78, 5) is 23.3. The molecule has 4 rings (SSSR count). The molecule has 1 fully saturated rings. The molecule has 0 radical (unpaired) electrons. The van der Waals surface area contributed by atoms with Crippen LogP contribution in [0.15, 0.2) is 36.9 Å². The Bertz CT molecular complexity index is 820. The van der Waals surface area contributed by atoms with Gasteiger partial charge in [0, 0.05) is 13.1 Å². The van der Waals surface area contributed by atoms with Crippen molar-refractivity contribution in [2.45, 2.75) is 31.8 Å². The highest BCUT2D eigenvalue weighted by atomic mass is 32.1. The molecule has 1 aromatic carbocycles. The van der Waals surface area contributed by atoms with Crippen LogP contribution in [0.2, 0.25) is 0 Å². The Morgan fingerprint density at radius 3 is 2.84 bits per heavy atom. The molecule has 2 aromatic heterocycles. The fraction of sp³-hybridized carbons (Fsp3) is 0.412. The van der Waals surface area contributed by atoms with Gasteiger partial charge in [-0.15, -0.1) is 0 Å². The highest BCUT2D eigenvalue weighted by molar-refractivity contribution is 7.22. The van der Waals surface area contributed by atoms with E-state index in [0.717, 1.165) is 36.1 Å². The van der Waals surface area contributed by atoms with Crippen molar-refractivity contribution in [3.63, 3.8) is 0 Å². The lowest BCUT2D eigenvalue weighted by atomic mass is 10.0. The van der Waals surface area contributed by atoms with Gasteiger partial charge in [-0.2, -0.15) is 5.10 Å². The molecule has 1 amide bonds. The third-order valence-electron chi connectivity index (χ3n) is 4.76. The highest BCUT2D eigenvalue weighted by Gasteiger charge is 2.28. The number of hydrogen-bond acceptors (Lipinski definition) is 6. The first-order valence-electron chi connectivity index (χ1n) is 8.45. The summed E-state index contributed by atoms with van der Waals surface area (Å²) >= 11 is 1.51. The molecule has 130 valence electrons. The minimum Gasteiger partial charge on any atom is -0.301 e. The van der Waals surface area contributed by atoms with Crippen molar-refractivity contribution in [1.29, 1.82) is 0 Å². The molecule has 3 heterocycles. The van der Waals surface area contributed by atoms with E-state index in [2.05, 4.69) is 25.3 Å². The van der Waals surface area contributed by atoms with Gasteiger partial charge in [0.2, 0.25) is 5.91 Å². The molecule has 0 spiro atoms. The van der Waals surface area contributed by atoms with E-state index in [-0.39, 0.29) is 11.9 Å². The Kier molecular flexibility index (Phi) is 4.46. The average Bonchev–Trinajstić information content (AvgIpc) is 3.30. The summed E-state index contributed by atoms with van der Waals surface area (Å²) in [7, 11) is 0. The zero-order valence-electron chi connectivity index (χ0n) is 14.0. The standard InChI is InChI=1S/C17H20N6OS/c1-12(22-8-6-13(7-9-22)23-11-18-10-19-23)16(24)21-17-20-14-4-2-3-5-15(14)25-17/h2-5,10-13H,6-9H2,1H3,(H,20,21,24). The second-order valence-electron chi connectivity index (χ2n) is 6.29. The molecule has 1 aliphatic rings. The number of likely N-dealkylation sites (tertiary alicyclic amines) is 1. The molecule has 0 saturated carbocycles. The maximum Gasteiger partial charge on any atom is 0.243 e. The van der Waals surface area contributed by atoms with Gasteiger partial charge >= 0.3 is 0 Å². The number of thiazole rings is 1. The van der Waals surface area contributed by atoms with E-state index in [1.54, 1.807) is 12.7 Å². The summed E-state index contributed by atoms with van der Waals surface area (Å²) in [6.07, 6.45) is 5.29. The molecular formula is C17H20N6OS. The first kappa shape index (κ1) is 16.2. The molecule has 0 aliphatic carbocycles. The van der Waals surface area contributed by atoms with Crippen molar-refractivity contribution >= 4 is 32.6 Å². The quantitative estimate of drug-likeness (QED) is 0.777.